The Morgan fingerprint density at radius 3 is 2.67 bits per heavy atom. The Morgan fingerprint density at radius 1 is 1.38 bits per heavy atom. The van der Waals surface area contributed by atoms with Crippen LogP contribution in [0.15, 0.2) is 10.9 Å². The van der Waals surface area contributed by atoms with Crippen LogP contribution in [-0.2, 0) is 0 Å². The van der Waals surface area contributed by atoms with Crippen LogP contribution in [0.2, 0.25) is 0 Å². The quantitative estimate of drug-likeness (QED) is 0.826. The highest BCUT2D eigenvalue weighted by Gasteiger charge is 2.28. The van der Waals surface area contributed by atoms with Gasteiger partial charge in [0.25, 0.3) is 5.56 Å². The van der Waals surface area contributed by atoms with Crippen LogP contribution in [0, 0.1) is 0 Å². The van der Waals surface area contributed by atoms with Gasteiger partial charge in [-0.05, 0) is 19.3 Å². The number of hydrogen-bond acceptors (Lipinski definition) is 5. The Hall–Kier alpha value is -1.40. The SMILES string of the molecule is CCC(CN)N1CCN(c2cc(=O)[nH]c(C3CC3)n2)CC1. The fourth-order valence-corrected chi connectivity index (χ4v) is 3.07. The number of nitrogens with two attached hydrogens (primary N) is 1. The van der Waals surface area contributed by atoms with Gasteiger partial charge >= 0.3 is 0 Å². The van der Waals surface area contributed by atoms with Crippen molar-refractivity contribution in [3.8, 4) is 0 Å². The van der Waals surface area contributed by atoms with Crippen LogP contribution < -0.4 is 16.2 Å². The first-order chi connectivity index (χ1) is 10.2. The van der Waals surface area contributed by atoms with Crippen LogP contribution in [0.1, 0.15) is 37.9 Å². The van der Waals surface area contributed by atoms with Crippen LogP contribution in [0.3, 0.4) is 0 Å². The van der Waals surface area contributed by atoms with Crippen LogP contribution >= 0.6 is 0 Å². The van der Waals surface area contributed by atoms with E-state index in [2.05, 4.69) is 26.7 Å². The minimum atomic E-state index is -0.0299. The average molecular weight is 291 g/mol. The summed E-state index contributed by atoms with van der Waals surface area (Å²) in [6, 6.07) is 2.10. The Morgan fingerprint density at radius 2 is 2.10 bits per heavy atom. The highest BCUT2D eigenvalue weighted by molar-refractivity contribution is 5.38. The van der Waals surface area contributed by atoms with Gasteiger partial charge in [0.05, 0.1) is 0 Å². The molecule has 3 N–H and O–H groups in total. The third-order valence-electron chi connectivity index (χ3n) is 4.61. The molecule has 1 unspecified atom stereocenters. The highest BCUT2D eigenvalue weighted by atomic mass is 16.1. The van der Waals surface area contributed by atoms with E-state index in [9.17, 15) is 4.79 Å². The molecule has 2 aliphatic rings. The summed E-state index contributed by atoms with van der Waals surface area (Å²) in [4.78, 5) is 24.0. The Labute approximate surface area is 125 Å². The molecule has 1 saturated heterocycles. The Balaban J connectivity index is 1.68. The number of aromatic amines is 1. The van der Waals surface area contributed by atoms with E-state index in [0.29, 0.717) is 18.5 Å². The maximum atomic E-state index is 11.8. The zero-order valence-corrected chi connectivity index (χ0v) is 12.7. The van der Waals surface area contributed by atoms with Crippen molar-refractivity contribution in [2.45, 2.75) is 38.1 Å². The van der Waals surface area contributed by atoms with Crippen molar-refractivity contribution in [2.24, 2.45) is 5.73 Å². The van der Waals surface area contributed by atoms with Gasteiger partial charge in [-0.2, -0.15) is 0 Å². The fraction of sp³-hybridized carbons (Fsp3) is 0.733. The van der Waals surface area contributed by atoms with Crippen LogP contribution in [0.25, 0.3) is 0 Å². The summed E-state index contributed by atoms with van der Waals surface area (Å²) in [5.41, 5.74) is 5.80. The molecule has 3 rings (SSSR count). The molecule has 2 fully saturated rings. The van der Waals surface area contributed by atoms with Crippen LogP contribution in [0.5, 0.6) is 0 Å². The van der Waals surface area contributed by atoms with Gasteiger partial charge in [-0.25, -0.2) is 4.98 Å². The molecule has 2 heterocycles. The third-order valence-corrected chi connectivity index (χ3v) is 4.61. The molecule has 1 aromatic heterocycles. The molecule has 1 saturated carbocycles. The number of hydrogen-bond donors (Lipinski definition) is 2. The standard InChI is InChI=1S/C15H25N5O/c1-2-12(10-16)19-5-7-20(8-6-19)13-9-14(21)18-15(17-13)11-3-4-11/h9,11-12H,2-8,10,16H2,1H3,(H,17,18,21). The first-order valence-electron chi connectivity index (χ1n) is 8.01. The maximum absolute atomic E-state index is 11.8. The van der Waals surface area contributed by atoms with Gasteiger partial charge in [-0.1, -0.05) is 6.92 Å². The molecule has 6 heteroatoms. The van der Waals surface area contributed by atoms with E-state index in [4.69, 9.17) is 5.73 Å². The molecule has 0 radical (unpaired) electrons. The van der Waals surface area contributed by atoms with Gasteiger partial charge in [-0.15, -0.1) is 0 Å². The van der Waals surface area contributed by atoms with Crippen LogP contribution in [-0.4, -0.2) is 53.6 Å². The Bertz CT molecular complexity index is 527. The summed E-state index contributed by atoms with van der Waals surface area (Å²) < 4.78 is 0. The Kier molecular flexibility index (Phi) is 4.26. The first kappa shape index (κ1) is 14.5. The average Bonchev–Trinajstić information content (AvgIpc) is 3.33. The predicted octanol–water partition coefficient (Wildman–Crippen LogP) is 0.507. The molecule has 0 spiro atoms. The molecule has 1 aliphatic heterocycles. The normalized spacial score (nSPS) is 21.5. The van der Waals surface area contributed by atoms with Gasteiger partial charge < -0.3 is 15.6 Å². The molecule has 1 aromatic rings. The van der Waals surface area contributed by atoms with Crippen molar-refractivity contribution in [1.82, 2.24) is 14.9 Å². The second-order valence-electron chi connectivity index (χ2n) is 6.08. The zero-order valence-electron chi connectivity index (χ0n) is 12.7. The second-order valence-corrected chi connectivity index (χ2v) is 6.08. The van der Waals surface area contributed by atoms with Gasteiger partial charge in [0, 0.05) is 50.7 Å². The lowest BCUT2D eigenvalue weighted by molar-refractivity contribution is 0.184. The van der Waals surface area contributed by atoms with E-state index >= 15 is 0 Å². The van der Waals surface area contributed by atoms with Gasteiger partial charge in [0.1, 0.15) is 11.6 Å². The summed E-state index contributed by atoms with van der Waals surface area (Å²) in [5, 5.41) is 0. The summed E-state index contributed by atoms with van der Waals surface area (Å²) >= 11 is 0. The van der Waals surface area contributed by atoms with Crippen molar-refractivity contribution in [2.75, 3.05) is 37.6 Å². The van der Waals surface area contributed by atoms with Gasteiger partial charge in [0.15, 0.2) is 0 Å². The minimum Gasteiger partial charge on any atom is -0.354 e. The van der Waals surface area contributed by atoms with E-state index in [1.807, 2.05) is 0 Å². The van der Waals surface area contributed by atoms with Crippen LogP contribution in [0.4, 0.5) is 5.82 Å². The lowest BCUT2D eigenvalue weighted by Crippen LogP contribution is -2.52. The van der Waals surface area contributed by atoms with Crippen molar-refractivity contribution in [3.63, 3.8) is 0 Å². The number of piperazine rings is 1. The predicted molar refractivity (Wildman–Crippen MR) is 83.8 cm³/mol. The number of aromatic nitrogens is 2. The van der Waals surface area contributed by atoms with Crippen molar-refractivity contribution in [1.29, 1.82) is 0 Å². The van der Waals surface area contributed by atoms with Gasteiger partial charge in [-0.3, -0.25) is 9.69 Å². The number of H-pyrrole nitrogens is 1. The lowest BCUT2D eigenvalue weighted by atomic mass is 10.1. The zero-order chi connectivity index (χ0) is 14.8. The van der Waals surface area contributed by atoms with E-state index in [0.717, 1.165) is 57.1 Å². The molecule has 0 aromatic carbocycles. The van der Waals surface area contributed by atoms with E-state index in [1.54, 1.807) is 6.07 Å². The maximum Gasteiger partial charge on any atom is 0.252 e. The first-order valence-corrected chi connectivity index (χ1v) is 8.01. The summed E-state index contributed by atoms with van der Waals surface area (Å²) in [6.45, 7) is 6.70. The number of rotatable bonds is 5. The molecule has 1 atom stereocenters. The summed E-state index contributed by atoms with van der Waals surface area (Å²) in [6.07, 6.45) is 3.38. The fourth-order valence-electron chi connectivity index (χ4n) is 3.07. The van der Waals surface area contributed by atoms with E-state index in [1.165, 1.54) is 0 Å². The largest absolute Gasteiger partial charge is 0.354 e. The number of anilines is 1. The van der Waals surface area contributed by atoms with Crippen molar-refractivity contribution >= 4 is 5.82 Å². The number of nitrogens with zero attached hydrogens (tertiary/aromatic N) is 3. The third kappa shape index (κ3) is 3.27. The van der Waals surface area contributed by atoms with Crippen molar-refractivity contribution < 1.29 is 0 Å². The minimum absolute atomic E-state index is 0.0299. The number of nitrogens with one attached hydrogen (secondary N) is 1. The van der Waals surface area contributed by atoms with E-state index in [-0.39, 0.29) is 5.56 Å². The lowest BCUT2D eigenvalue weighted by Gasteiger charge is -2.39. The monoisotopic (exact) mass is 291 g/mol. The highest BCUT2D eigenvalue weighted by Crippen LogP contribution is 2.37. The topological polar surface area (TPSA) is 78.2 Å². The van der Waals surface area contributed by atoms with Gasteiger partial charge in [0.2, 0.25) is 0 Å². The second kappa shape index (κ2) is 6.15. The smallest absolute Gasteiger partial charge is 0.252 e. The molecular formula is C15H25N5O. The summed E-state index contributed by atoms with van der Waals surface area (Å²) in [7, 11) is 0. The molecule has 0 bridgehead atoms. The molecule has 0 amide bonds. The molecule has 6 nitrogen and oxygen atoms in total. The summed E-state index contributed by atoms with van der Waals surface area (Å²) in [5.74, 6) is 2.18. The molecule has 116 valence electrons. The molecule has 21 heavy (non-hydrogen) atoms. The van der Waals surface area contributed by atoms with Crippen molar-refractivity contribution in [3.05, 3.63) is 22.2 Å². The van der Waals surface area contributed by atoms with E-state index < -0.39 is 0 Å². The molecule has 1 aliphatic carbocycles. The molecular weight excluding hydrogens is 266 g/mol.